The Bertz CT molecular complexity index is 1010. The first-order valence-corrected chi connectivity index (χ1v) is 9.48. The molecule has 4 atom stereocenters. The first-order chi connectivity index (χ1) is 13.7. The number of piperidine rings is 1. The van der Waals surface area contributed by atoms with Gasteiger partial charge in [0.05, 0.1) is 24.1 Å². The van der Waals surface area contributed by atoms with E-state index in [4.69, 9.17) is 4.74 Å². The average Bonchev–Trinajstić information content (AvgIpc) is 3.15. The second kappa shape index (κ2) is 6.87. The van der Waals surface area contributed by atoms with E-state index in [0.29, 0.717) is 29.1 Å². The molecule has 2 aliphatic rings. The topological polar surface area (TPSA) is 63.2 Å². The average molecular weight is 377 g/mol. The highest BCUT2D eigenvalue weighted by atomic mass is 19.1. The van der Waals surface area contributed by atoms with Crippen molar-refractivity contribution in [2.75, 3.05) is 11.9 Å². The highest BCUT2D eigenvalue weighted by Gasteiger charge is 2.59. The van der Waals surface area contributed by atoms with Crippen molar-refractivity contribution in [3.8, 4) is 5.75 Å². The molecule has 1 saturated carbocycles. The van der Waals surface area contributed by atoms with Crippen LogP contribution in [0.4, 0.5) is 10.1 Å². The molecule has 6 heteroatoms. The van der Waals surface area contributed by atoms with Crippen LogP contribution >= 0.6 is 0 Å². The minimum absolute atomic E-state index is 0.0139. The molecule has 2 fully saturated rings. The van der Waals surface area contributed by atoms with Gasteiger partial charge in [0.25, 0.3) is 0 Å². The Morgan fingerprint density at radius 3 is 2.86 bits per heavy atom. The van der Waals surface area contributed by atoms with Crippen molar-refractivity contribution in [3.05, 3.63) is 66.6 Å². The summed E-state index contributed by atoms with van der Waals surface area (Å²) in [5.74, 6) is 0.795. The molecule has 5 rings (SSSR count). The number of anilines is 1. The molecule has 1 aliphatic carbocycles. The van der Waals surface area contributed by atoms with Crippen molar-refractivity contribution in [2.24, 2.45) is 5.92 Å². The fraction of sp³-hybridized carbons (Fsp3) is 0.273. The molecule has 3 aromatic rings. The number of ether oxygens (including phenoxy) is 1. The molecule has 28 heavy (non-hydrogen) atoms. The normalized spacial score (nSPS) is 25.3. The number of Topliss-reactive ketones (excluding diaryl/α,β-unsaturated/α-hetero) is 1. The minimum Gasteiger partial charge on any atom is -0.488 e. The molecule has 0 bridgehead atoms. The number of nitrogens with one attached hydrogen (secondary N) is 2. The Balaban J connectivity index is 1.18. The van der Waals surface area contributed by atoms with Gasteiger partial charge in [-0.25, -0.2) is 4.39 Å². The molecule has 2 heterocycles. The fourth-order valence-electron chi connectivity index (χ4n) is 4.01. The standard InChI is InChI=1S/C22H20FN3O2/c23-13-6-7-17-15(10-13)20(8-9-24-17)28-22-16-11-18(26-21(16)22)19(27)12-25-14-4-2-1-3-5-14/h1-10,16,18,21-22,25-26H,11-12H2. The molecule has 0 radical (unpaired) electrons. The van der Waals surface area contributed by atoms with Gasteiger partial charge in [-0.2, -0.15) is 0 Å². The Kier molecular flexibility index (Phi) is 4.20. The summed E-state index contributed by atoms with van der Waals surface area (Å²) in [6.07, 6.45) is 2.45. The number of aromatic nitrogens is 1. The van der Waals surface area contributed by atoms with E-state index >= 15 is 0 Å². The van der Waals surface area contributed by atoms with E-state index in [1.165, 1.54) is 12.1 Å². The molecule has 0 spiro atoms. The molecule has 4 unspecified atom stereocenters. The summed E-state index contributed by atoms with van der Waals surface area (Å²) in [4.78, 5) is 16.7. The first kappa shape index (κ1) is 17.1. The molecule has 1 saturated heterocycles. The monoisotopic (exact) mass is 377 g/mol. The number of hydrogen-bond donors (Lipinski definition) is 2. The van der Waals surface area contributed by atoms with Gasteiger partial charge in [0.15, 0.2) is 5.78 Å². The number of fused-ring (bicyclic) bond motifs is 2. The molecular weight excluding hydrogens is 357 g/mol. The number of carbonyl (C=O) groups excluding carboxylic acids is 1. The molecule has 2 aromatic carbocycles. The van der Waals surface area contributed by atoms with Gasteiger partial charge in [0.2, 0.25) is 0 Å². The zero-order chi connectivity index (χ0) is 19.1. The number of carbonyl (C=O) groups is 1. The second-order valence-electron chi connectivity index (χ2n) is 7.38. The van der Waals surface area contributed by atoms with Crippen LogP contribution in [-0.4, -0.2) is 35.5 Å². The SMILES string of the molecule is O=C(CNc1ccccc1)C1CC2C(N1)C2Oc1ccnc2ccc(F)cc12. The van der Waals surface area contributed by atoms with E-state index in [2.05, 4.69) is 15.6 Å². The van der Waals surface area contributed by atoms with Crippen molar-refractivity contribution in [1.29, 1.82) is 0 Å². The van der Waals surface area contributed by atoms with E-state index in [0.717, 1.165) is 12.1 Å². The number of ketones is 1. The summed E-state index contributed by atoms with van der Waals surface area (Å²) in [6, 6.07) is 16.0. The quantitative estimate of drug-likeness (QED) is 0.691. The van der Waals surface area contributed by atoms with E-state index < -0.39 is 0 Å². The number of nitrogens with zero attached hydrogens (tertiary/aromatic N) is 1. The van der Waals surface area contributed by atoms with Crippen LogP contribution < -0.4 is 15.4 Å². The first-order valence-electron chi connectivity index (χ1n) is 9.48. The maximum absolute atomic E-state index is 13.6. The van der Waals surface area contributed by atoms with Crippen LogP contribution in [0.2, 0.25) is 0 Å². The maximum Gasteiger partial charge on any atom is 0.168 e. The summed E-state index contributed by atoms with van der Waals surface area (Å²) in [6.45, 7) is 0.306. The van der Waals surface area contributed by atoms with Gasteiger partial charge in [-0.05, 0) is 42.8 Å². The van der Waals surface area contributed by atoms with E-state index in [1.54, 1.807) is 18.3 Å². The van der Waals surface area contributed by atoms with Crippen LogP contribution in [0, 0.1) is 11.7 Å². The van der Waals surface area contributed by atoms with Gasteiger partial charge < -0.3 is 15.4 Å². The van der Waals surface area contributed by atoms with Crippen molar-refractivity contribution < 1.29 is 13.9 Å². The van der Waals surface area contributed by atoms with Gasteiger partial charge in [-0.15, -0.1) is 0 Å². The van der Waals surface area contributed by atoms with Crippen LogP contribution in [0.15, 0.2) is 60.8 Å². The minimum atomic E-state index is -0.309. The fourth-order valence-corrected chi connectivity index (χ4v) is 4.01. The molecule has 5 nitrogen and oxygen atoms in total. The van der Waals surface area contributed by atoms with Gasteiger partial charge in [0.1, 0.15) is 17.7 Å². The van der Waals surface area contributed by atoms with Crippen LogP contribution in [-0.2, 0) is 4.79 Å². The third-order valence-corrected chi connectivity index (χ3v) is 5.55. The summed E-state index contributed by atoms with van der Waals surface area (Å²) in [5, 5.41) is 7.23. The highest BCUT2D eigenvalue weighted by molar-refractivity contribution is 5.88. The van der Waals surface area contributed by atoms with Gasteiger partial charge >= 0.3 is 0 Å². The molecule has 1 aliphatic heterocycles. The number of rotatable bonds is 6. The van der Waals surface area contributed by atoms with Gasteiger partial charge in [0, 0.05) is 23.2 Å². The highest BCUT2D eigenvalue weighted by Crippen LogP contribution is 2.45. The summed E-state index contributed by atoms with van der Waals surface area (Å²) in [5.41, 5.74) is 1.65. The lowest BCUT2D eigenvalue weighted by molar-refractivity contribution is -0.119. The molecule has 0 amide bonds. The maximum atomic E-state index is 13.6. The smallest absolute Gasteiger partial charge is 0.168 e. The number of benzene rings is 2. The van der Waals surface area contributed by atoms with E-state index in [1.807, 2.05) is 30.3 Å². The van der Waals surface area contributed by atoms with Crippen molar-refractivity contribution in [2.45, 2.75) is 24.6 Å². The molecule has 2 N–H and O–H groups in total. The number of halogens is 1. The summed E-state index contributed by atoms with van der Waals surface area (Å²) in [7, 11) is 0. The van der Waals surface area contributed by atoms with Crippen LogP contribution in [0.3, 0.4) is 0 Å². The summed E-state index contributed by atoms with van der Waals surface area (Å²) >= 11 is 0. The van der Waals surface area contributed by atoms with Crippen molar-refractivity contribution in [1.82, 2.24) is 10.3 Å². The van der Waals surface area contributed by atoms with E-state index in [-0.39, 0.29) is 29.8 Å². The number of para-hydroxylation sites is 1. The zero-order valence-electron chi connectivity index (χ0n) is 15.1. The zero-order valence-corrected chi connectivity index (χ0v) is 15.1. The lowest BCUT2D eigenvalue weighted by Crippen LogP contribution is -2.40. The Hall–Kier alpha value is -2.99. The Morgan fingerprint density at radius 1 is 1.21 bits per heavy atom. The lowest BCUT2D eigenvalue weighted by atomic mass is 10.1. The van der Waals surface area contributed by atoms with Gasteiger partial charge in [-0.3, -0.25) is 9.78 Å². The van der Waals surface area contributed by atoms with Gasteiger partial charge in [-0.1, -0.05) is 18.2 Å². The van der Waals surface area contributed by atoms with E-state index in [9.17, 15) is 9.18 Å². The number of pyridine rings is 1. The molecular formula is C22H20FN3O2. The van der Waals surface area contributed by atoms with Crippen molar-refractivity contribution in [3.63, 3.8) is 0 Å². The Labute approximate surface area is 161 Å². The Morgan fingerprint density at radius 2 is 2.07 bits per heavy atom. The predicted octanol–water partition coefficient (Wildman–Crippen LogP) is 3.16. The third-order valence-electron chi connectivity index (χ3n) is 5.55. The molecule has 142 valence electrons. The van der Waals surface area contributed by atoms with Crippen LogP contribution in [0.25, 0.3) is 10.9 Å². The largest absolute Gasteiger partial charge is 0.488 e. The van der Waals surface area contributed by atoms with Crippen LogP contribution in [0.5, 0.6) is 5.75 Å². The predicted molar refractivity (Wildman–Crippen MR) is 105 cm³/mol. The lowest BCUT2D eigenvalue weighted by Gasteiger charge is -2.17. The third kappa shape index (κ3) is 3.20. The second-order valence-corrected chi connectivity index (χ2v) is 7.38. The van der Waals surface area contributed by atoms with Crippen molar-refractivity contribution >= 4 is 22.4 Å². The number of hydrogen-bond acceptors (Lipinski definition) is 5. The van der Waals surface area contributed by atoms with Crippen LogP contribution in [0.1, 0.15) is 6.42 Å². The molecule has 1 aromatic heterocycles. The summed E-state index contributed by atoms with van der Waals surface area (Å²) < 4.78 is 19.7.